The molecule has 5 heteroatoms. The Labute approximate surface area is 109 Å². The molecule has 0 saturated carbocycles. The van der Waals surface area contributed by atoms with E-state index in [0.717, 1.165) is 21.6 Å². The second-order valence-electron chi connectivity index (χ2n) is 4.02. The minimum atomic E-state index is 0.373. The maximum atomic E-state index is 6.07. The van der Waals surface area contributed by atoms with Crippen molar-refractivity contribution < 1.29 is 0 Å². The van der Waals surface area contributed by atoms with Crippen molar-refractivity contribution in [1.82, 2.24) is 14.9 Å². The van der Waals surface area contributed by atoms with Gasteiger partial charge in [0.2, 0.25) is 0 Å². The molecule has 1 rings (SSSR count). The number of hydrogen-bond acceptors (Lipinski definition) is 3. The Hall–Kier alpha value is 0.0600. The van der Waals surface area contributed by atoms with Crippen LogP contribution in [0.15, 0.2) is 0 Å². The molecule has 0 amide bonds. The van der Waals surface area contributed by atoms with Crippen LogP contribution in [0.3, 0.4) is 0 Å². The van der Waals surface area contributed by atoms with Gasteiger partial charge in [-0.05, 0) is 42.6 Å². The standard InChI is InChI=1S/C10H15ClIN3/c1-6(2)9-8(12)10(11)14-7(13-9)5-15(3)4/h6H,5H2,1-4H3. The van der Waals surface area contributed by atoms with E-state index in [0.29, 0.717) is 11.1 Å². The largest absolute Gasteiger partial charge is 0.302 e. The van der Waals surface area contributed by atoms with Crippen LogP contribution in [0, 0.1) is 3.57 Å². The molecule has 0 bridgehead atoms. The molecular formula is C10H15ClIN3. The fourth-order valence-electron chi connectivity index (χ4n) is 1.22. The fourth-order valence-corrected chi connectivity index (χ4v) is 2.28. The van der Waals surface area contributed by atoms with Crippen molar-refractivity contribution in [3.8, 4) is 0 Å². The quantitative estimate of drug-likeness (QED) is 0.626. The van der Waals surface area contributed by atoms with Crippen LogP contribution in [0.1, 0.15) is 31.3 Å². The summed E-state index contributed by atoms with van der Waals surface area (Å²) in [6.07, 6.45) is 0. The van der Waals surface area contributed by atoms with Gasteiger partial charge >= 0.3 is 0 Å². The lowest BCUT2D eigenvalue weighted by atomic mass is 10.1. The third-order valence-corrected chi connectivity index (χ3v) is 3.54. The van der Waals surface area contributed by atoms with E-state index in [2.05, 4.69) is 46.4 Å². The van der Waals surface area contributed by atoms with Crippen LogP contribution in [0.5, 0.6) is 0 Å². The van der Waals surface area contributed by atoms with Crippen molar-refractivity contribution in [2.45, 2.75) is 26.3 Å². The van der Waals surface area contributed by atoms with Crippen LogP contribution in [0.25, 0.3) is 0 Å². The molecule has 0 unspecified atom stereocenters. The van der Waals surface area contributed by atoms with E-state index < -0.39 is 0 Å². The van der Waals surface area contributed by atoms with Gasteiger partial charge in [-0.15, -0.1) is 0 Å². The van der Waals surface area contributed by atoms with Gasteiger partial charge in [0.05, 0.1) is 15.8 Å². The van der Waals surface area contributed by atoms with Crippen LogP contribution < -0.4 is 0 Å². The molecule has 0 aliphatic carbocycles. The molecule has 0 aromatic carbocycles. The van der Waals surface area contributed by atoms with Gasteiger partial charge in [0.15, 0.2) is 0 Å². The number of hydrogen-bond donors (Lipinski definition) is 0. The van der Waals surface area contributed by atoms with Crippen LogP contribution in [-0.2, 0) is 6.54 Å². The third kappa shape index (κ3) is 3.53. The molecule has 1 aromatic rings. The van der Waals surface area contributed by atoms with E-state index >= 15 is 0 Å². The van der Waals surface area contributed by atoms with Crippen molar-refractivity contribution in [3.63, 3.8) is 0 Å². The highest BCUT2D eigenvalue weighted by Crippen LogP contribution is 2.24. The minimum absolute atomic E-state index is 0.373. The Kier molecular flexibility index (Phi) is 4.73. The van der Waals surface area contributed by atoms with Crippen molar-refractivity contribution in [3.05, 3.63) is 20.2 Å². The molecular weight excluding hydrogens is 324 g/mol. The summed E-state index contributed by atoms with van der Waals surface area (Å²) in [6.45, 7) is 4.94. The van der Waals surface area contributed by atoms with Crippen molar-refractivity contribution in [1.29, 1.82) is 0 Å². The monoisotopic (exact) mass is 339 g/mol. The lowest BCUT2D eigenvalue weighted by Gasteiger charge is -2.13. The van der Waals surface area contributed by atoms with Crippen molar-refractivity contribution in [2.75, 3.05) is 14.1 Å². The Morgan fingerprint density at radius 2 is 1.93 bits per heavy atom. The van der Waals surface area contributed by atoms with Gasteiger partial charge in [0.25, 0.3) is 0 Å². The maximum Gasteiger partial charge on any atom is 0.146 e. The SMILES string of the molecule is CC(C)c1nc(CN(C)C)nc(Cl)c1I. The highest BCUT2D eigenvalue weighted by atomic mass is 127. The first-order valence-electron chi connectivity index (χ1n) is 4.78. The predicted molar refractivity (Wildman–Crippen MR) is 71.2 cm³/mol. The number of aromatic nitrogens is 2. The molecule has 84 valence electrons. The first-order chi connectivity index (χ1) is 6.91. The summed E-state index contributed by atoms with van der Waals surface area (Å²) in [7, 11) is 3.98. The summed E-state index contributed by atoms with van der Waals surface area (Å²) in [5.41, 5.74) is 1.03. The lowest BCUT2D eigenvalue weighted by Crippen LogP contribution is -2.15. The van der Waals surface area contributed by atoms with Gasteiger partial charge < -0.3 is 4.90 Å². The fraction of sp³-hybridized carbons (Fsp3) is 0.600. The smallest absolute Gasteiger partial charge is 0.146 e. The van der Waals surface area contributed by atoms with E-state index in [4.69, 9.17) is 11.6 Å². The number of nitrogens with zero attached hydrogens (tertiary/aromatic N) is 3. The Morgan fingerprint density at radius 3 is 2.40 bits per heavy atom. The topological polar surface area (TPSA) is 29.0 Å². The highest BCUT2D eigenvalue weighted by Gasteiger charge is 2.13. The molecule has 3 nitrogen and oxygen atoms in total. The Bertz CT molecular complexity index is 353. The van der Waals surface area contributed by atoms with E-state index in [1.165, 1.54) is 0 Å². The Morgan fingerprint density at radius 1 is 1.33 bits per heavy atom. The molecule has 0 aliphatic heterocycles. The number of halogens is 2. The zero-order chi connectivity index (χ0) is 11.6. The first kappa shape index (κ1) is 13.1. The zero-order valence-electron chi connectivity index (χ0n) is 9.38. The average Bonchev–Trinajstić information content (AvgIpc) is 2.09. The summed E-state index contributed by atoms with van der Waals surface area (Å²) < 4.78 is 0.965. The summed E-state index contributed by atoms with van der Waals surface area (Å²) in [5, 5.41) is 0.561. The van der Waals surface area contributed by atoms with Gasteiger partial charge in [0, 0.05) is 0 Å². The average molecular weight is 340 g/mol. The zero-order valence-corrected chi connectivity index (χ0v) is 12.3. The van der Waals surface area contributed by atoms with E-state index in [1.807, 2.05) is 19.0 Å². The molecule has 0 saturated heterocycles. The van der Waals surface area contributed by atoms with Gasteiger partial charge in [-0.2, -0.15) is 0 Å². The molecule has 1 heterocycles. The maximum absolute atomic E-state index is 6.07. The normalized spacial score (nSPS) is 11.5. The van der Waals surface area contributed by atoms with Crippen molar-refractivity contribution in [2.24, 2.45) is 0 Å². The van der Waals surface area contributed by atoms with Crippen molar-refractivity contribution >= 4 is 34.2 Å². The van der Waals surface area contributed by atoms with Crippen LogP contribution in [0.2, 0.25) is 5.15 Å². The second-order valence-corrected chi connectivity index (χ2v) is 5.46. The summed E-state index contributed by atoms with van der Waals surface area (Å²) in [4.78, 5) is 10.8. The van der Waals surface area contributed by atoms with Gasteiger partial charge in [-0.3, -0.25) is 0 Å². The lowest BCUT2D eigenvalue weighted by molar-refractivity contribution is 0.389. The minimum Gasteiger partial charge on any atom is -0.302 e. The molecule has 0 spiro atoms. The molecule has 0 fully saturated rings. The van der Waals surface area contributed by atoms with Crippen LogP contribution >= 0.6 is 34.2 Å². The molecule has 0 N–H and O–H groups in total. The number of rotatable bonds is 3. The highest BCUT2D eigenvalue weighted by molar-refractivity contribution is 14.1. The molecule has 0 atom stereocenters. The molecule has 1 aromatic heterocycles. The van der Waals surface area contributed by atoms with Crippen LogP contribution in [-0.4, -0.2) is 29.0 Å². The molecule has 15 heavy (non-hydrogen) atoms. The van der Waals surface area contributed by atoms with E-state index in [-0.39, 0.29) is 0 Å². The second kappa shape index (κ2) is 5.41. The summed E-state index contributed by atoms with van der Waals surface area (Å²) in [6, 6.07) is 0. The molecule has 0 aliphatic rings. The van der Waals surface area contributed by atoms with Gasteiger partial charge in [0.1, 0.15) is 11.0 Å². The third-order valence-electron chi connectivity index (χ3n) is 1.89. The van der Waals surface area contributed by atoms with Crippen LogP contribution in [0.4, 0.5) is 0 Å². The van der Waals surface area contributed by atoms with Gasteiger partial charge in [-0.25, -0.2) is 9.97 Å². The first-order valence-corrected chi connectivity index (χ1v) is 6.24. The predicted octanol–water partition coefficient (Wildman–Crippen LogP) is 2.92. The Balaban J connectivity index is 3.11. The van der Waals surface area contributed by atoms with E-state index in [1.54, 1.807) is 0 Å². The van der Waals surface area contributed by atoms with E-state index in [9.17, 15) is 0 Å². The van der Waals surface area contributed by atoms with Gasteiger partial charge in [-0.1, -0.05) is 25.4 Å². The summed E-state index contributed by atoms with van der Waals surface area (Å²) in [5.74, 6) is 1.16. The summed E-state index contributed by atoms with van der Waals surface area (Å²) >= 11 is 8.27. The molecule has 0 radical (unpaired) electrons.